The third kappa shape index (κ3) is 6.43. The topological polar surface area (TPSA) is 104 Å². The van der Waals surface area contributed by atoms with Crippen molar-refractivity contribution in [3.8, 4) is 11.1 Å². The fourth-order valence-electron chi connectivity index (χ4n) is 4.60. The molecule has 1 amide bonds. The van der Waals surface area contributed by atoms with E-state index in [9.17, 15) is 14.7 Å². The monoisotopic (exact) mass is 499 g/mol. The number of carbonyl (C=O) groups excluding carboxylic acids is 2. The van der Waals surface area contributed by atoms with E-state index in [2.05, 4.69) is 39.6 Å². The van der Waals surface area contributed by atoms with Gasteiger partial charge in [0.1, 0.15) is 5.82 Å². The summed E-state index contributed by atoms with van der Waals surface area (Å²) in [5.41, 5.74) is 6.29. The first-order valence-electron chi connectivity index (χ1n) is 12.6. The molecule has 0 aliphatic rings. The molecule has 2 unspecified atom stereocenters. The highest BCUT2D eigenvalue weighted by atomic mass is 16.5. The standard InChI is InChI=1S/C30H33N3O4/c1-4-37-30(36)25(18-34)16-26(15-21-10-12-23(13-11-21)22-8-6-5-7-9-22)33-29(35)24-14-19(2)28-27(17-24)31-20(3)32-28/h5-14,17,25-26,34H,4,15-16,18H2,1-3H3,(H,31,32)(H,33,35). The number of aliphatic hydroxyl groups excluding tert-OH is 1. The van der Waals surface area contributed by atoms with Crippen LogP contribution in [0.25, 0.3) is 22.2 Å². The van der Waals surface area contributed by atoms with Crippen molar-refractivity contribution < 1.29 is 19.4 Å². The van der Waals surface area contributed by atoms with Gasteiger partial charge in [-0.2, -0.15) is 0 Å². The molecule has 4 rings (SSSR count). The molecule has 4 aromatic rings. The normalized spacial score (nSPS) is 12.8. The molecule has 0 aliphatic heterocycles. The van der Waals surface area contributed by atoms with Crippen molar-refractivity contribution in [3.63, 3.8) is 0 Å². The summed E-state index contributed by atoms with van der Waals surface area (Å²) in [6.45, 7) is 5.42. The molecule has 0 fully saturated rings. The van der Waals surface area contributed by atoms with Crippen LogP contribution < -0.4 is 5.32 Å². The fourth-order valence-corrected chi connectivity index (χ4v) is 4.60. The summed E-state index contributed by atoms with van der Waals surface area (Å²) < 4.78 is 5.14. The first kappa shape index (κ1) is 26.1. The zero-order chi connectivity index (χ0) is 26.4. The second kappa shape index (κ2) is 11.8. The molecule has 0 aliphatic carbocycles. The minimum absolute atomic E-state index is 0.232. The van der Waals surface area contributed by atoms with Gasteiger partial charge < -0.3 is 20.1 Å². The Labute approximate surface area is 216 Å². The molecule has 0 spiro atoms. The van der Waals surface area contributed by atoms with Gasteiger partial charge in [0.25, 0.3) is 5.91 Å². The lowest BCUT2D eigenvalue weighted by Gasteiger charge is -2.23. The molecule has 1 heterocycles. The molecule has 2 atom stereocenters. The molecule has 192 valence electrons. The summed E-state index contributed by atoms with van der Waals surface area (Å²) in [5.74, 6) is -0.654. The highest BCUT2D eigenvalue weighted by Crippen LogP contribution is 2.22. The van der Waals surface area contributed by atoms with E-state index in [1.165, 1.54) is 0 Å². The Balaban J connectivity index is 1.56. The van der Waals surface area contributed by atoms with Crippen LogP contribution in [0.5, 0.6) is 0 Å². The number of aliphatic hydroxyl groups is 1. The predicted octanol–water partition coefficient (Wildman–Crippen LogP) is 4.75. The Morgan fingerprint density at radius 1 is 1.03 bits per heavy atom. The number of nitrogens with zero attached hydrogens (tertiary/aromatic N) is 1. The minimum Gasteiger partial charge on any atom is -0.466 e. The lowest BCUT2D eigenvalue weighted by Crippen LogP contribution is -2.40. The van der Waals surface area contributed by atoms with Gasteiger partial charge in [0, 0.05) is 11.6 Å². The lowest BCUT2D eigenvalue weighted by molar-refractivity contribution is -0.149. The number of imidazole rings is 1. The van der Waals surface area contributed by atoms with Crippen LogP contribution >= 0.6 is 0 Å². The molecule has 0 radical (unpaired) electrons. The van der Waals surface area contributed by atoms with Gasteiger partial charge in [0.15, 0.2) is 0 Å². The number of esters is 1. The number of benzene rings is 3. The van der Waals surface area contributed by atoms with Gasteiger partial charge in [0.05, 0.1) is 30.2 Å². The van der Waals surface area contributed by atoms with Gasteiger partial charge in [0.2, 0.25) is 0 Å². The number of hydrogen-bond acceptors (Lipinski definition) is 5. The van der Waals surface area contributed by atoms with Crippen molar-refractivity contribution in [2.45, 2.75) is 39.7 Å². The van der Waals surface area contributed by atoms with Crippen molar-refractivity contribution in [1.29, 1.82) is 0 Å². The summed E-state index contributed by atoms with van der Waals surface area (Å²) in [7, 11) is 0. The number of H-pyrrole nitrogens is 1. The molecule has 3 aromatic carbocycles. The van der Waals surface area contributed by atoms with Gasteiger partial charge in [-0.05, 0) is 68.0 Å². The first-order valence-corrected chi connectivity index (χ1v) is 12.6. The van der Waals surface area contributed by atoms with Crippen LogP contribution in [-0.4, -0.2) is 46.2 Å². The second-order valence-corrected chi connectivity index (χ2v) is 9.32. The van der Waals surface area contributed by atoms with Crippen molar-refractivity contribution in [1.82, 2.24) is 15.3 Å². The molecule has 37 heavy (non-hydrogen) atoms. The molecular weight excluding hydrogens is 466 g/mol. The molecule has 7 nitrogen and oxygen atoms in total. The smallest absolute Gasteiger partial charge is 0.311 e. The van der Waals surface area contributed by atoms with Crippen LogP contribution in [0.4, 0.5) is 0 Å². The highest BCUT2D eigenvalue weighted by Gasteiger charge is 2.26. The number of amides is 1. The maximum absolute atomic E-state index is 13.3. The fraction of sp³-hybridized carbons (Fsp3) is 0.300. The quantitative estimate of drug-likeness (QED) is 0.273. The number of ether oxygens (including phenoxy) is 1. The van der Waals surface area contributed by atoms with Crippen molar-refractivity contribution in [2.75, 3.05) is 13.2 Å². The molecule has 0 saturated heterocycles. The molecule has 0 saturated carbocycles. The summed E-state index contributed by atoms with van der Waals surface area (Å²) in [4.78, 5) is 33.4. The van der Waals surface area contributed by atoms with E-state index < -0.39 is 17.9 Å². The third-order valence-electron chi connectivity index (χ3n) is 6.45. The second-order valence-electron chi connectivity index (χ2n) is 9.32. The maximum atomic E-state index is 13.3. The van der Waals surface area contributed by atoms with Crippen molar-refractivity contribution >= 4 is 22.9 Å². The average molecular weight is 500 g/mol. The predicted molar refractivity (Wildman–Crippen MR) is 144 cm³/mol. The Morgan fingerprint density at radius 3 is 2.41 bits per heavy atom. The molecule has 3 N–H and O–H groups in total. The van der Waals surface area contributed by atoms with Crippen LogP contribution in [0.1, 0.15) is 40.7 Å². The van der Waals surface area contributed by atoms with Crippen molar-refractivity contribution in [3.05, 3.63) is 89.2 Å². The van der Waals surface area contributed by atoms with E-state index in [0.29, 0.717) is 12.0 Å². The number of rotatable bonds is 10. The van der Waals surface area contributed by atoms with Gasteiger partial charge in [-0.3, -0.25) is 9.59 Å². The Hall–Kier alpha value is -3.97. The number of aryl methyl sites for hydroxylation is 2. The van der Waals surface area contributed by atoms with Crippen LogP contribution in [0.15, 0.2) is 66.7 Å². The van der Waals surface area contributed by atoms with E-state index in [-0.39, 0.29) is 25.5 Å². The summed E-state index contributed by atoms with van der Waals surface area (Å²) in [6.07, 6.45) is 0.757. The summed E-state index contributed by atoms with van der Waals surface area (Å²) >= 11 is 0. The van der Waals surface area contributed by atoms with Gasteiger partial charge in [-0.1, -0.05) is 54.6 Å². The molecule has 1 aromatic heterocycles. The number of nitrogens with one attached hydrogen (secondary N) is 2. The first-order chi connectivity index (χ1) is 17.9. The number of carbonyl (C=O) groups is 2. The zero-order valence-electron chi connectivity index (χ0n) is 21.5. The summed E-state index contributed by atoms with van der Waals surface area (Å²) in [5, 5.41) is 13.0. The average Bonchev–Trinajstić information content (AvgIpc) is 3.29. The van der Waals surface area contributed by atoms with Crippen LogP contribution in [0.2, 0.25) is 0 Å². The van der Waals surface area contributed by atoms with Gasteiger partial charge in [-0.25, -0.2) is 4.98 Å². The SMILES string of the molecule is CCOC(=O)C(CO)CC(Cc1ccc(-c2ccccc2)cc1)NC(=O)c1cc(C)c2nc(C)[nH]c2c1. The lowest BCUT2D eigenvalue weighted by atomic mass is 9.94. The molecule has 7 heteroatoms. The summed E-state index contributed by atoms with van der Waals surface area (Å²) in [6, 6.07) is 21.5. The molecule has 0 bridgehead atoms. The Morgan fingerprint density at radius 2 is 1.73 bits per heavy atom. The zero-order valence-corrected chi connectivity index (χ0v) is 21.5. The van der Waals surface area contributed by atoms with Gasteiger partial charge >= 0.3 is 5.97 Å². The Bertz CT molecular complexity index is 1360. The van der Waals surface area contributed by atoms with Crippen LogP contribution in [-0.2, 0) is 16.0 Å². The molecular formula is C30H33N3O4. The minimum atomic E-state index is -0.728. The number of hydrogen-bond donors (Lipinski definition) is 3. The largest absolute Gasteiger partial charge is 0.466 e. The third-order valence-corrected chi connectivity index (χ3v) is 6.45. The van der Waals surface area contributed by atoms with E-state index in [1.54, 1.807) is 13.0 Å². The van der Waals surface area contributed by atoms with E-state index in [4.69, 9.17) is 4.74 Å². The van der Waals surface area contributed by atoms with Gasteiger partial charge in [-0.15, -0.1) is 0 Å². The van der Waals surface area contributed by atoms with E-state index in [1.807, 2.05) is 50.2 Å². The van der Waals surface area contributed by atoms with Crippen molar-refractivity contribution in [2.24, 2.45) is 5.92 Å². The number of aromatic amines is 1. The van der Waals surface area contributed by atoms with Crippen LogP contribution in [0, 0.1) is 19.8 Å². The highest BCUT2D eigenvalue weighted by molar-refractivity contribution is 5.98. The van der Waals surface area contributed by atoms with E-state index in [0.717, 1.165) is 39.1 Å². The van der Waals surface area contributed by atoms with E-state index >= 15 is 0 Å². The number of aromatic nitrogens is 2. The van der Waals surface area contributed by atoms with Crippen LogP contribution in [0.3, 0.4) is 0 Å². The maximum Gasteiger partial charge on any atom is 0.311 e. The Kier molecular flexibility index (Phi) is 8.36. The number of fused-ring (bicyclic) bond motifs is 1.